The first-order valence-corrected chi connectivity index (χ1v) is 13.1. The Balaban J connectivity index is 1.70. The quantitative estimate of drug-likeness (QED) is 0.490. The van der Waals surface area contributed by atoms with Crippen LogP contribution in [-0.2, 0) is 23.8 Å². The molecule has 0 unspecified atom stereocenters. The van der Waals surface area contributed by atoms with Crippen LogP contribution in [0.2, 0.25) is 10.0 Å². The van der Waals surface area contributed by atoms with Crippen molar-refractivity contribution in [3.8, 4) is 0 Å². The molecule has 1 amide bonds. The normalized spacial score (nSPS) is 24.0. The van der Waals surface area contributed by atoms with Crippen molar-refractivity contribution in [2.75, 3.05) is 19.4 Å². The summed E-state index contributed by atoms with van der Waals surface area (Å²) in [5.41, 5.74) is 1.76. The molecule has 1 aliphatic heterocycles. The molecular formula is C23H25Cl2NO5S. The van der Waals surface area contributed by atoms with E-state index in [1.54, 1.807) is 18.2 Å². The number of nitrogens with zero attached hydrogens (tertiary/aromatic N) is 1. The molecular weight excluding hydrogens is 473 g/mol. The number of rotatable bonds is 8. The Labute approximate surface area is 198 Å². The second kappa shape index (κ2) is 9.69. The zero-order valence-corrected chi connectivity index (χ0v) is 19.9. The van der Waals surface area contributed by atoms with Gasteiger partial charge in [0.25, 0.3) is 16.0 Å². The highest BCUT2D eigenvalue weighted by Crippen LogP contribution is 2.45. The van der Waals surface area contributed by atoms with Crippen molar-refractivity contribution in [2.45, 2.75) is 37.5 Å². The summed E-state index contributed by atoms with van der Waals surface area (Å²) >= 11 is 12.4. The highest BCUT2D eigenvalue weighted by Gasteiger charge is 2.45. The van der Waals surface area contributed by atoms with Crippen LogP contribution in [-0.4, -0.2) is 44.7 Å². The van der Waals surface area contributed by atoms with Crippen molar-refractivity contribution in [2.24, 2.45) is 5.92 Å². The SMILES string of the molecule is CS(=O)(=O)OCC[C@@H]1O[C@@H](c2cccc(Cl)c2)[C@@H](c2ccc(Cl)cc2)N(CC2CC2)C1=O. The molecule has 172 valence electrons. The fourth-order valence-corrected chi connectivity index (χ4v) is 4.76. The summed E-state index contributed by atoms with van der Waals surface area (Å²) in [5.74, 6) is 0.298. The van der Waals surface area contributed by atoms with Gasteiger partial charge >= 0.3 is 0 Å². The molecule has 1 aliphatic carbocycles. The largest absolute Gasteiger partial charge is 0.358 e. The molecule has 6 nitrogen and oxygen atoms in total. The van der Waals surface area contributed by atoms with Crippen LogP contribution in [0.3, 0.4) is 0 Å². The van der Waals surface area contributed by atoms with Gasteiger partial charge in [-0.25, -0.2) is 0 Å². The highest BCUT2D eigenvalue weighted by molar-refractivity contribution is 7.85. The highest BCUT2D eigenvalue weighted by atomic mass is 35.5. The molecule has 1 saturated heterocycles. The molecule has 2 aromatic carbocycles. The Hall–Kier alpha value is -1.64. The summed E-state index contributed by atoms with van der Waals surface area (Å²) < 4.78 is 34.0. The maximum absolute atomic E-state index is 13.5. The number of carbonyl (C=O) groups excluding carboxylic acids is 1. The lowest BCUT2D eigenvalue weighted by Crippen LogP contribution is -2.51. The Bertz CT molecular complexity index is 1070. The summed E-state index contributed by atoms with van der Waals surface area (Å²) in [4.78, 5) is 15.4. The second-order valence-electron chi connectivity index (χ2n) is 8.35. The minimum Gasteiger partial charge on any atom is -0.358 e. The van der Waals surface area contributed by atoms with E-state index in [1.165, 1.54) is 0 Å². The van der Waals surface area contributed by atoms with Crippen molar-refractivity contribution < 1.29 is 22.1 Å². The molecule has 3 atom stereocenters. The summed E-state index contributed by atoms with van der Waals surface area (Å²) in [6, 6.07) is 14.5. The van der Waals surface area contributed by atoms with Crippen LogP contribution in [0.25, 0.3) is 0 Å². The summed E-state index contributed by atoms with van der Waals surface area (Å²) in [7, 11) is -3.60. The van der Waals surface area contributed by atoms with Crippen molar-refractivity contribution in [1.82, 2.24) is 4.90 Å². The molecule has 0 N–H and O–H groups in total. The number of ether oxygens (including phenoxy) is 1. The standard InChI is InChI=1S/C23H25Cl2NO5S/c1-32(28,29)30-12-11-20-23(27)26(14-15-5-6-15)21(16-7-9-18(24)10-8-16)22(31-20)17-3-2-4-19(25)13-17/h2-4,7-10,13,15,20-22H,5-6,11-12,14H2,1H3/t20-,21+,22-/m0/s1. The van der Waals surface area contributed by atoms with E-state index < -0.39 is 22.3 Å². The molecule has 2 fully saturated rings. The van der Waals surface area contributed by atoms with Crippen LogP contribution in [0.15, 0.2) is 48.5 Å². The monoisotopic (exact) mass is 497 g/mol. The van der Waals surface area contributed by atoms with Crippen LogP contribution in [0.5, 0.6) is 0 Å². The van der Waals surface area contributed by atoms with Gasteiger partial charge in [-0.2, -0.15) is 8.42 Å². The number of carbonyl (C=O) groups is 1. The topological polar surface area (TPSA) is 72.9 Å². The van der Waals surface area contributed by atoms with Crippen molar-refractivity contribution in [1.29, 1.82) is 0 Å². The summed E-state index contributed by atoms with van der Waals surface area (Å²) in [5, 5.41) is 1.18. The van der Waals surface area contributed by atoms with E-state index in [0.29, 0.717) is 22.5 Å². The van der Waals surface area contributed by atoms with Crippen LogP contribution >= 0.6 is 23.2 Å². The molecule has 1 saturated carbocycles. The molecule has 2 aromatic rings. The van der Waals surface area contributed by atoms with Gasteiger partial charge in [0, 0.05) is 23.0 Å². The first-order valence-electron chi connectivity index (χ1n) is 10.5. The molecule has 4 rings (SSSR count). The lowest BCUT2D eigenvalue weighted by molar-refractivity contribution is -0.176. The van der Waals surface area contributed by atoms with Gasteiger partial charge in [0.05, 0.1) is 18.9 Å². The smallest absolute Gasteiger partial charge is 0.264 e. The zero-order chi connectivity index (χ0) is 22.9. The minimum atomic E-state index is -3.60. The predicted molar refractivity (Wildman–Crippen MR) is 123 cm³/mol. The maximum Gasteiger partial charge on any atom is 0.264 e. The first-order chi connectivity index (χ1) is 15.2. The third-order valence-corrected chi connectivity index (χ3v) is 6.79. The molecule has 0 aromatic heterocycles. The Morgan fingerprint density at radius 3 is 2.41 bits per heavy atom. The van der Waals surface area contributed by atoms with E-state index in [4.69, 9.17) is 32.1 Å². The number of amides is 1. The lowest BCUT2D eigenvalue weighted by atomic mass is 9.91. The average Bonchev–Trinajstić information content (AvgIpc) is 3.55. The molecule has 32 heavy (non-hydrogen) atoms. The second-order valence-corrected chi connectivity index (χ2v) is 10.9. The molecule has 0 radical (unpaired) electrons. The van der Waals surface area contributed by atoms with E-state index in [1.807, 2.05) is 35.2 Å². The van der Waals surface area contributed by atoms with Crippen LogP contribution in [0, 0.1) is 5.92 Å². The van der Waals surface area contributed by atoms with Crippen molar-refractivity contribution >= 4 is 39.2 Å². The van der Waals surface area contributed by atoms with E-state index in [2.05, 4.69) is 0 Å². The van der Waals surface area contributed by atoms with Gasteiger partial charge in [-0.3, -0.25) is 8.98 Å². The van der Waals surface area contributed by atoms with Gasteiger partial charge < -0.3 is 9.64 Å². The van der Waals surface area contributed by atoms with E-state index in [0.717, 1.165) is 30.2 Å². The minimum absolute atomic E-state index is 0.125. The maximum atomic E-state index is 13.5. The molecule has 0 spiro atoms. The fraction of sp³-hybridized carbons (Fsp3) is 0.435. The Morgan fingerprint density at radius 1 is 1.06 bits per heavy atom. The van der Waals surface area contributed by atoms with E-state index >= 15 is 0 Å². The Morgan fingerprint density at radius 2 is 1.78 bits per heavy atom. The molecule has 1 heterocycles. The zero-order valence-electron chi connectivity index (χ0n) is 17.6. The van der Waals surface area contributed by atoms with Gasteiger partial charge in [0.2, 0.25) is 0 Å². The average molecular weight is 498 g/mol. The Kier molecular flexibility index (Phi) is 7.12. The third kappa shape index (κ3) is 5.83. The van der Waals surface area contributed by atoms with E-state index in [-0.39, 0.29) is 25.0 Å². The van der Waals surface area contributed by atoms with Gasteiger partial charge in [0.1, 0.15) is 12.2 Å². The van der Waals surface area contributed by atoms with Gasteiger partial charge in [-0.1, -0.05) is 47.5 Å². The van der Waals surface area contributed by atoms with Gasteiger partial charge in [0.15, 0.2) is 0 Å². The number of hydrogen-bond acceptors (Lipinski definition) is 5. The number of benzene rings is 2. The summed E-state index contributed by atoms with van der Waals surface area (Å²) in [6.45, 7) is 0.496. The van der Waals surface area contributed by atoms with Crippen LogP contribution < -0.4 is 0 Å². The fourth-order valence-electron chi connectivity index (χ4n) is 4.03. The van der Waals surface area contributed by atoms with Crippen LogP contribution in [0.1, 0.15) is 42.5 Å². The number of morpholine rings is 1. The van der Waals surface area contributed by atoms with E-state index in [9.17, 15) is 13.2 Å². The summed E-state index contributed by atoms with van der Waals surface area (Å²) in [6.07, 6.45) is 2.00. The number of hydrogen-bond donors (Lipinski definition) is 0. The first kappa shape index (κ1) is 23.5. The van der Waals surface area contributed by atoms with Crippen molar-refractivity contribution in [3.05, 3.63) is 69.7 Å². The predicted octanol–water partition coefficient (Wildman–Crippen LogP) is 4.78. The van der Waals surface area contributed by atoms with Gasteiger partial charge in [-0.05, 0) is 54.2 Å². The molecule has 9 heteroatoms. The lowest BCUT2D eigenvalue weighted by Gasteiger charge is -2.45. The third-order valence-electron chi connectivity index (χ3n) is 5.71. The number of halogens is 2. The van der Waals surface area contributed by atoms with Crippen molar-refractivity contribution in [3.63, 3.8) is 0 Å². The van der Waals surface area contributed by atoms with Crippen LogP contribution in [0.4, 0.5) is 0 Å². The molecule has 0 bridgehead atoms. The van der Waals surface area contributed by atoms with Gasteiger partial charge in [-0.15, -0.1) is 0 Å². The molecule has 2 aliphatic rings.